The van der Waals surface area contributed by atoms with Gasteiger partial charge in [-0.2, -0.15) is 0 Å². The van der Waals surface area contributed by atoms with E-state index in [1.165, 1.54) is 0 Å². The lowest BCUT2D eigenvalue weighted by atomic mass is 10.1. The summed E-state index contributed by atoms with van der Waals surface area (Å²) in [6.07, 6.45) is 4.55. The first-order chi connectivity index (χ1) is 16.9. The van der Waals surface area contributed by atoms with Crippen molar-refractivity contribution < 1.29 is 28.2 Å². The van der Waals surface area contributed by atoms with Gasteiger partial charge in [-0.3, -0.25) is 9.59 Å². The summed E-state index contributed by atoms with van der Waals surface area (Å²) >= 11 is 0. The molecule has 2 aromatic rings. The summed E-state index contributed by atoms with van der Waals surface area (Å²) in [4.78, 5) is 30.1. The Morgan fingerprint density at radius 1 is 0.971 bits per heavy atom. The van der Waals surface area contributed by atoms with Crippen molar-refractivity contribution in [2.24, 2.45) is 5.92 Å². The summed E-state index contributed by atoms with van der Waals surface area (Å²) < 4.78 is 21.7. The minimum absolute atomic E-state index is 0.00703. The number of methoxy groups -OCH3 is 3. The van der Waals surface area contributed by atoms with E-state index in [2.05, 4.69) is 0 Å². The van der Waals surface area contributed by atoms with Crippen molar-refractivity contribution in [3.63, 3.8) is 0 Å². The molecule has 1 aromatic carbocycles. The van der Waals surface area contributed by atoms with E-state index in [9.17, 15) is 9.59 Å². The van der Waals surface area contributed by atoms with Crippen LogP contribution in [0.25, 0.3) is 0 Å². The standard InChI is InChI=1S/C27H38N2O6/c1-20-9-11-23(35-20)18-28(14-13-21-10-12-24(33-3)25(17-21)34-4)26(30)19-29(15-16-32-2)27(31)22-7-5-6-8-22/h9-12,17,22H,5-8,13-16,18-19H2,1-4H3. The van der Waals surface area contributed by atoms with Crippen LogP contribution in [0.5, 0.6) is 11.5 Å². The highest BCUT2D eigenvalue weighted by Crippen LogP contribution is 2.28. The van der Waals surface area contributed by atoms with Crippen molar-refractivity contribution in [2.75, 3.05) is 47.6 Å². The van der Waals surface area contributed by atoms with Crippen molar-refractivity contribution in [1.82, 2.24) is 9.80 Å². The van der Waals surface area contributed by atoms with Crippen LogP contribution in [-0.2, 0) is 27.3 Å². The largest absolute Gasteiger partial charge is 0.493 e. The monoisotopic (exact) mass is 486 g/mol. The lowest BCUT2D eigenvalue weighted by Gasteiger charge is -2.29. The molecule has 0 aliphatic heterocycles. The Morgan fingerprint density at radius 2 is 1.71 bits per heavy atom. The predicted molar refractivity (Wildman–Crippen MR) is 133 cm³/mol. The van der Waals surface area contributed by atoms with Gasteiger partial charge in [-0.1, -0.05) is 18.9 Å². The molecule has 1 heterocycles. The lowest BCUT2D eigenvalue weighted by Crippen LogP contribution is -2.46. The SMILES string of the molecule is COCCN(CC(=O)N(CCc1ccc(OC)c(OC)c1)Cc1ccc(C)o1)C(=O)C1CCCC1. The molecule has 8 nitrogen and oxygen atoms in total. The molecule has 1 aliphatic rings. The number of carbonyl (C=O) groups is 2. The molecule has 0 N–H and O–H groups in total. The lowest BCUT2D eigenvalue weighted by molar-refractivity contribution is -0.143. The number of aryl methyl sites for hydroxylation is 1. The topological polar surface area (TPSA) is 81.5 Å². The maximum absolute atomic E-state index is 13.5. The summed E-state index contributed by atoms with van der Waals surface area (Å²) in [5.74, 6) is 2.78. The summed E-state index contributed by atoms with van der Waals surface area (Å²) in [6.45, 7) is 3.53. The number of amides is 2. The molecule has 1 aromatic heterocycles. The van der Waals surface area contributed by atoms with Gasteiger partial charge in [-0.05, 0) is 56.0 Å². The zero-order chi connectivity index (χ0) is 25.2. The van der Waals surface area contributed by atoms with Gasteiger partial charge in [0.1, 0.15) is 11.5 Å². The quantitative estimate of drug-likeness (QED) is 0.428. The molecule has 0 bridgehead atoms. The second-order valence-electron chi connectivity index (χ2n) is 9.00. The van der Waals surface area contributed by atoms with Crippen molar-refractivity contribution in [1.29, 1.82) is 0 Å². The van der Waals surface area contributed by atoms with E-state index < -0.39 is 0 Å². The van der Waals surface area contributed by atoms with E-state index in [1.807, 2.05) is 37.3 Å². The summed E-state index contributed by atoms with van der Waals surface area (Å²) in [5.41, 5.74) is 1.02. The van der Waals surface area contributed by atoms with Crippen LogP contribution < -0.4 is 9.47 Å². The van der Waals surface area contributed by atoms with Crippen LogP contribution in [0.2, 0.25) is 0 Å². The third-order valence-corrected chi connectivity index (χ3v) is 6.52. The fraction of sp³-hybridized carbons (Fsp3) is 0.556. The maximum Gasteiger partial charge on any atom is 0.242 e. The van der Waals surface area contributed by atoms with Gasteiger partial charge in [-0.15, -0.1) is 0 Å². The fourth-order valence-electron chi connectivity index (χ4n) is 4.51. The summed E-state index contributed by atoms with van der Waals surface area (Å²) in [7, 11) is 4.81. The Hall–Kier alpha value is -3.00. The van der Waals surface area contributed by atoms with Gasteiger partial charge < -0.3 is 28.4 Å². The van der Waals surface area contributed by atoms with Crippen LogP contribution in [0.3, 0.4) is 0 Å². The number of rotatable bonds is 13. The second kappa shape index (κ2) is 13.2. The zero-order valence-electron chi connectivity index (χ0n) is 21.4. The van der Waals surface area contributed by atoms with Crippen molar-refractivity contribution >= 4 is 11.8 Å². The van der Waals surface area contributed by atoms with E-state index in [-0.39, 0.29) is 24.3 Å². The highest BCUT2D eigenvalue weighted by Gasteiger charge is 2.29. The van der Waals surface area contributed by atoms with Gasteiger partial charge in [0.2, 0.25) is 11.8 Å². The Labute approximate surface area is 208 Å². The molecule has 35 heavy (non-hydrogen) atoms. The molecule has 1 fully saturated rings. The van der Waals surface area contributed by atoms with E-state index in [1.54, 1.807) is 31.1 Å². The Bertz CT molecular complexity index is 966. The van der Waals surface area contributed by atoms with Crippen molar-refractivity contribution in [2.45, 2.75) is 45.6 Å². The Balaban J connectivity index is 1.73. The summed E-state index contributed by atoms with van der Waals surface area (Å²) in [6, 6.07) is 9.53. The number of carbonyl (C=O) groups excluding carboxylic acids is 2. The summed E-state index contributed by atoms with van der Waals surface area (Å²) in [5, 5.41) is 0. The van der Waals surface area contributed by atoms with Crippen LogP contribution in [0.1, 0.15) is 42.8 Å². The molecule has 192 valence electrons. The van der Waals surface area contributed by atoms with Gasteiger partial charge >= 0.3 is 0 Å². The molecule has 8 heteroatoms. The van der Waals surface area contributed by atoms with Crippen LogP contribution in [0, 0.1) is 12.8 Å². The average Bonchev–Trinajstić information content (AvgIpc) is 3.55. The van der Waals surface area contributed by atoms with Gasteiger partial charge in [0, 0.05) is 26.1 Å². The third-order valence-electron chi connectivity index (χ3n) is 6.52. The first-order valence-electron chi connectivity index (χ1n) is 12.3. The molecule has 1 saturated carbocycles. The van der Waals surface area contributed by atoms with Crippen LogP contribution >= 0.6 is 0 Å². The maximum atomic E-state index is 13.5. The molecule has 0 spiro atoms. The highest BCUT2D eigenvalue weighted by molar-refractivity contribution is 5.86. The minimum Gasteiger partial charge on any atom is -0.493 e. The Kier molecular flexibility index (Phi) is 10.0. The molecule has 0 saturated heterocycles. The molecule has 0 atom stereocenters. The van der Waals surface area contributed by atoms with E-state index >= 15 is 0 Å². The second-order valence-corrected chi connectivity index (χ2v) is 9.00. The van der Waals surface area contributed by atoms with Gasteiger partial charge in [0.25, 0.3) is 0 Å². The molecule has 0 unspecified atom stereocenters. The van der Waals surface area contributed by atoms with Crippen molar-refractivity contribution in [3.05, 3.63) is 47.4 Å². The minimum atomic E-state index is -0.109. The van der Waals surface area contributed by atoms with Crippen LogP contribution in [0.4, 0.5) is 0 Å². The van der Waals surface area contributed by atoms with Crippen LogP contribution in [0.15, 0.2) is 34.7 Å². The average molecular weight is 487 g/mol. The van der Waals surface area contributed by atoms with Gasteiger partial charge in [0.15, 0.2) is 11.5 Å². The number of benzene rings is 1. The smallest absolute Gasteiger partial charge is 0.242 e. The van der Waals surface area contributed by atoms with E-state index in [0.29, 0.717) is 49.9 Å². The first kappa shape index (κ1) is 26.6. The van der Waals surface area contributed by atoms with Gasteiger partial charge in [0.05, 0.1) is 33.9 Å². The molecule has 0 radical (unpaired) electrons. The number of nitrogens with zero attached hydrogens (tertiary/aromatic N) is 2. The first-order valence-corrected chi connectivity index (χ1v) is 12.3. The van der Waals surface area contributed by atoms with E-state index in [4.69, 9.17) is 18.6 Å². The number of hydrogen-bond acceptors (Lipinski definition) is 6. The van der Waals surface area contributed by atoms with E-state index in [0.717, 1.165) is 37.0 Å². The molecular weight excluding hydrogens is 448 g/mol. The number of ether oxygens (including phenoxy) is 3. The Morgan fingerprint density at radius 3 is 2.34 bits per heavy atom. The number of hydrogen-bond donors (Lipinski definition) is 0. The zero-order valence-corrected chi connectivity index (χ0v) is 21.4. The van der Waals surface area contributed by atoms with Crippen LogP contribution in [-0.4, -0.2) is 69.2 Å². The normalized spacial score (nSPS) is 13.6. The van der Waals surface area contributed by atoms with Crippen molar-refractivity contribution in [3.8, 4) is 11.5 Å². The molecular formula is C27H38N2O6. The molecule has 3 rings (SSSR count). The van der Waals surface area contributed by atoms with Gasteiger partial charge in [-0.25, -0.2) is 0 Å². The predicted octanol–water partition coefficient (Wildman–Crippen LogP) is 3.84. The molecule has 1 aliphatic carbocycles. The number of furan rings is 1. The molecule has 2 amide bonds. The third kappa shape index (κ3) is 7.49. The fourth-order valence-corrected chi connectivity index (χ4v) is 4.51. The highest BCUT2D eigenvalue weighted by atomic mass is 16.5.